The number of nitrogens with zero attached hydrogens (tertiary/aromatic N) is 1. The second-order valence-corrected chi connectivity index (χ2v) is 6.62. The molecule has 2 aromatic rings. The molecular formula is C15H15BrN2O. The zero-order chi connectivity index (χ0) is 13.6. The number of carbonyl (C=O) groups is 1. The molecule has 19 heavy (non-hydrogen) atoms. The number of H-pyrrole nitrogens is 1. The van der Waals surface area contributed by atoms with Crippen LogP contribution in [0.4, 0.5) is 0 Å². The van der Waals surface area contributed by atoms with Gasteiger partial charge in [0.25, 0.3) is 0 Å². The second kappa shape index (κ2) is 4.30. The highest BCUT2D eigenvalue weighted by Gasteiger charge is 2.35. The average molecular weight is 319 g/mol. The Hall–Kier alpha value is -1.42. The van der Waals surface area contributed by atoms with Gasteiger partial charge in [-0.2, -0.15) is 0 Å². The van der Waals surface area contributed by atoms with Crippen LogP contribution in [0, 0.1) is 5.41 Å². The van der Waals surface area contributed by atoms with Gasteiger partial charge < -0.3 is 4.98 Å². The normalized spacial score (nSPS) is 17.3. The van der Waals surface area contributed by atoms with E-state index in [1.165, 1.54) is 0 Å². The Morgan fingerprint density at radius 1 is 1.32 bits per heavy atom. The third kappa shape index (κ3) is 2.14. The number of nitrogens with one attached hydrogen (secondary N) is 1. The standard InChI is InChI=1S/C15H15BrN2O/c1-15(2)7-10-12(11(19)8-15)13(16)14(18-10)9-5-3-4-6-17-9/h3-6,18H,7-8H2,1-2H3. The quantitative estimate of drug-likeness (QED) is 0.864. The average Bonchev–Trinajstić information content (AvgIpc) is 2.66. The molecule has 0 aromatic carbocycles. The molecule has 0 spiro atoms. The Labute approximate surface area is 120 Å². The summed E-state index contributed by atoms with van der Waals surface area (Å²) in [6.45, 7) is 4.26. The fourth-order valence-electron chi connectivity index (χ4n) is 2.70. The Morgan fingerprint density at radius 2 is 2.11 bits per heavy atom. The fraction of sp³-hybridized carbons (Fsp3) is 0.333. The van der Waals surface area contributed by atoms with E-state index in [9.17, 15) is 4.79 Å². The minimum absolute atomic E-state index is 0.0236. The van der Waals surface area contributed by atoms with Crippen molar-refractivity contribution >= 4 is 21.7 Å². The highest BCUT2D eigenvalue weighted by Crippen LogP contribution is 2.41. The minimum Gasteiger partial charge on any atom is -0.356 e. The van der Waals surface area contributed by atoms with E-state index >= 15 is 0 Å². The topological polar surface area (TPSA) is 45.8 Å². The van der Waals surface area contributed by atoms with Gasteiger partial charge in [-0.15, -0.1) is 0 Å². The van der Waals surface area contributed by atoms with E-state index in [4.69, 9.17) is 0 Å². The molecule has 98 valence electrons. The molecule has 0 amide bonds. The van der Waals surface area contributed by atoms with Crippen LogP contribution in [-0.4, -0.2) is 15.8 Å². The van der Waals surface area contributed by atoms with Crippen LogP contribution in [-0.2, 0) is 6.42 Å². The lowest BCUT2D eigenvalue weighted by Gasteiger charge is -2.28. The van der Waals surface area contributed by atoms with Crippen LogP contribution >= 0.6 is 15.9 Å². The molecule has 0 unspecified atom stereocenters. The van der Waals surface area contributed by atoms with Crippen LogP contribution in [0.5, 0.6) is 0 Å². The molecular weight excluding hydrogens is 304 g/mol. The van der Waals surface area contributed by atoms with Gasteiger partial charge in [0.2, 0.25) is 0 Å². The molecule has 0 aliphatic heterocycles. The fourth-order valence-corrected chi connectivity index (χ4v) is 3.46. The van der Waals surface area contributed by atoms with E-state index in [0.29, 0.717) is 6.42 Å². The van der Waals surface area contributed by atoms with E-state index in [0.717, 1.165) is 33.5 Å². The SMILES string of the molecule is CC1(C)CC(=O)c2c([nH]c(-c3ccccn3)c2Br)C1. The molecule has 1 aliphatic carbocycles. The predicted molar refractivity (Wildman–Crippen MR) is 78.2 cm³/mol. The van der Waals surface area contributed by atoms with Crippen LogP contribution in [0.1, 0.15) is 36.3 Å². The van der Waals surface area contributed by atoms with Crippen molar-refractivity contribution in [3.8, 4) is 11.4 Å². The van der Waals surface area contributed by atoms with Crippen molar-refractivity contribution in [1.29, 1.82) is 0 Å². The summed E-state index contributed by atoms with van der Waals surface area (Å²) in [4.78, 5) is 20.0. The van der Waals surface area contributed by atoms with Gasteiger partial charge in [-0.25, -0.2) is 0 Å². The first kappa shape index (κ1) is 12.6. The Morgan fingerprint density at radius 3 is 2.79 bits per heavy atom. The van der Waals surface area contributed by atoms with E-state index in [1.807, 2.05) is 18.2 Å². The first-order valence-corrected chi connectivity index (χ1v) is 7.12. The first-order chi connectivity index (χ1) is 8.98. The molecule has 0 atom stereocenters. The maximum absolute atomic E-state index is 12.3. The number of hydrogen-bond acceptors (Lipinski definition) is 2. The van der Waals surface area contributed by atoms with Gasteiger partial charge in [0.05, 0.1) is 21.4 Å². The number of fused-ring (bicyclic) bond motifs is 1. The summed E-state index contributed by atoms with van der Waals surface area (Å²) in [5.74, 6) is 0.205. The lowest BCUT2D eigenvalue weighted by Crippen LogP contribution is -2.26. The van der Waals surface area contributed by atoms with Crippen molar-refractivity contribution in [3.05, 3.63) is 40.1 Å². The molecule has 3 rings (SSSR count). The predicted octanol–water partition coefficient (Wildman–Crippen LogP) is 3.99. The maximum atomic E-state index is 12.3. The number of halogens is 1. The monoisotopic (exact) mass is 318 g/mol. The van der Waals surface area contributed by atoms with Gasteiger partial charge in [-0.05, 0) is 39.9 Å². The van der Waals surface area contributed by atoms with Crippen molar-refractivity contribution in [2.24, 2.45) is 5.41 Å². The molecule has 4 heteroatoms. The van der Waals surface area contributed by atoms with E-state index in [2.05, 4.69) is 39.7 Å². The summed E-state index contributed by atoms with van der Waals surface area (Å²) in [6, 6.07) is 5.77. The summed E-state index contributed by atoms with van der Waals surface area (Å²) in [5, 5.41) is 0. The lowest BCUT2D eigenvalue weighted by atomic mass is 9.76. The Balaban J connectivity index is 2.15. The summed E-state index contributed by atoms with van der Waals surface area (Å²) >= 11 is 3.56. The van der Waals surface area contributed by atoms with Gasteiger partial charge in [0.15, 0.2) is 5.78 Å². The summed E-state index contributed by atoms with van der Waals surface area (Å²) in [6.07, 6.45) is 3.24. The zero-order valence-corrected chi connectivity index (χ0v) is 12.5. The highest BCUT2D eigenvalue weighted by molar-refractivity contribution is 9.10. The zero-order valence-electron chi connectivity index (χ0n) is 11.0. The smallest absolute Gasteiger partial charge is 0.166 e. The van der Waals surface area contributed by atoms with Gasteiger partial charge in [-0.1, -0.05) is 19.9 Å². The van der Waals surface area contributed by atoms with Gasteiger partial charge in [0, 0.05) is 18.3 Å². The number of pyridine rings is 1. The molecule has 1 N–H and O–H groups in total. The molecule has 1 aliphatic rings. The van der Waals surface area contributed by atoms with Gasteiger partial charge in [-0.3, -0.25) is 9.78 Å². The molecule has 3 nitrogen and oxygen atoms in total. The van der Waals surface area contributed by atoms with Gasteiger partial charge >= 0.3 is 0 Å². The van der Waals surface area contributed by atoms with Crippen molar-refractivity contribution in [1.82, 2.24) is 9.97 Å². The Kier molecular flexibility index (Phi) is 2.86. The number of ketones is 1. The summed E-state index contributed by atoms with van der Waals surface area (Å²) in [7, 11) is 0. The number of carbonyl (C=O) groups excluding carboxylic acids is 1. The third-order valence-electron chi connectivity index (χ3n) is 3.51. The number of rotatable bonds is 1. The second-order valence-electron chi connectivity index (χ2n) is 5.82. The van der Waals surface area contributed by atoms with Crippen molar-refractivity contribution in [3.63, 3.8) is 0 Å². The number of aromatic amines is 1. The summed E-state index contributed by atoms with van der Waals surface area (Å²) in [5.41, 5.74) is 3.61. The maximum Gasteiger partial charge on any atom is 0.166 e. The number of aromatic nitrogens is 2. The molecule has 0 bridgehead atoms. The minimum atomic E-state index is 0.0236. The van der Waals surface area contributed by atoms with Crippen molar-refractivity contribution < 1.29 is 4.79 Å². The van der Waals surface area contributed by atoms with Crippen LogP contribution in [0.3, 0.4) is 0 Å². The first-order valence-electron chi connectivity index (χ1n) is 6.33. The van der Waals surface area contributed by atoms with Crippen molar-refractivity contribution in [2.45, 2.75) is 26.7 Å². The molecule has 0 saturated carbocycles. The van der Waals surface area contributed by atoms with Crippen LogP contribution in [0.2, 0.25) is 0 Å². The number of Topliss-reactive ketones (excluding diaryl/α,β-unsaturated/α-hetero) is 1. The third-order valence-corrected chi connectivity index (χ3v) is 4.30. The van der Waals surface area contributed by atoms with E-state index in [1.54, 1.807) is 6.20 Å². The Bertz CT molecular complexity index is 644. The molecule has 0 saturated heterocycles. The van der Waals surface area contributed by atoms with Crippen LogP contribution < -0.4 is 0 Å². The molecule has 0 radical (unpaired) electrons. The largest absolute Gasteiger partial charge is 0.356 e. The molecule has 2 aromatic heterocycles. The highest BCUT2D eigenvalue weighted by atomic mass is 79.9. The van der Waals surface area contributed by atoms with Gasteiger partial charge in [0.1, 0.15) is 0 Å². The summed E-state index contributed by atoms with van der Waals surface area (Å²) < 4.78 is 0.849. The van der Waals surface area contributed by atoms with Crippen LogP contribution in [0.15, 0.2) is 28.9 Å². The molecule has 0 fully saturated rings. The van der Waals surface area contributed by atoms with Crippen LogP contribution in [0.25, 0.3) is 11.4 Å². The van der Waals surface area contributed by atoms with Crippen molar-refractivity contribution in [2.75, 3.05) is 0 Å². The van der Waals surface area contributed by atoms with E-state index in [-0.39, 0.29) is 11.2 Å². The number of hydrogen-bond donors (Lipinski definition) is 1. The molecule has 2 heterocycles. The lowest BCUT2D eigenvalue weighted by molar-refractivity contribution is 0.0911. The van der Waals surface area contributed by atoms with E-state index < -0.39 is 0 Å².